The van der Waals surface area contributed by atoms with Crippen molar-refractivity contribution in [3.63, 3.8) is 0 Å². The molecule has 64 heavy (non-hydrogen) atoms. The lowest BCUT2D eigenvalue weighted by Crippen LogP contribution is -2.35. The lowest BCUT2D eigenvalue weighted by atomic mass is 10.2. The van der Waals surface area contributed by atoms with E-state index in [0.29, 0.717) is 5.56 Å². The van der Waals surface area contributed by atoms with Gasteiger partial charge in [-0.25, -0.2) is 45.1 Å². The maximum Gasteiger partial charge on any atom is 0.451 e. The highest BCUT2D eigenvalue weighted by atomic mass is 32.2. The molecule has 0 unspecified atom stereocenters. The summed E-state index contributed by atoms with van der Waals surface area (Å²) in [5.41, 5.74) is 0.654. The van der Waals surface area contributed by atoms with E-state index in [0.717, 1.165) is 21.3 Å². The Bertz CT molecular complexity index is 2400. The number of nitrogens with one attached hydrogen (secondary N) is 3. The molecule has 0 aliphatic carbocycles. The third kappa shape index (κ3) is 17.7. The average molecular weight is 972 g/mol. The van der Waals surface area contributed by atoms with E-state index < -0.39 is 105 Å². The minimum atomic E-state index is -4.97. The monoisotopic (exact) mass is 971 g/mol. The molecule has 22 nitrogen and oxygen atoms in total. The van der Waals surface area contributed by atoms with Gasteiger partial charge in [0.2, 0.25) is 33.6 Å². The van der Waals surface area contributed by atoms with Gasteiger partial charge >= 0.3 is 36.5 Å². The summed E-state index contributed by atoms with van der Waals surface area (Å²) in [6.07, 6.45) is -10.8. The van der Waals surface area contributed by atoms with Crippen LogP contribution in [-0.4, -0.2) is 112 Å². The number of hydrogen-bond acceptors (Lipinski definition) is 18. The number of benzene rings is 2. The van der Waals surface area contributed by atoms with Crippen molar-refractivity contribution >= 4 is 44.1 Å². The first-order valence-corrected chi connectivity index (χ1v) is 19.4. The van der Waals surface area contributed by atoms with Gasteiger partial charge in [-0.15, -0.1) is 0 Å². The molecule has 2 aromatic carbocycles. The molecule has 2 heterocycles. The van der Waals surface area contributed by atoms with Gasteiger partial charge in [0.1, 0.15) is 47.9 Å². The Morgan fingerprint density at radius 2 is 1.08 bits per heavy atom. The highest BCUT2D eigenvalue weighted by molar-refractivity contribution is 7.90. The molecule has 0 aliphatic heterocycles. The zero-order valence-electron chi connectivity index (χ0n) is 32.8. The number of nitrogens with zero attached hydrogens (tertiary/aromatic N) is 6. The number of hydrogen-bond donors (Lipinski definition) is 4. The van der Waals surface area contributed by atoms with Crippen LogP contribution in [0.15, 0.2) is 46.2 Å². The van der Waals surface area contributed by atoms with E-state index in [9.17, 15) is 61.5 Å². The molecule has 3 amide bonds. The number of anilines is 2. The summed E-state index contributed by atoms with van der Waals surface area (Å²) < 4.78 is 172. The van der Waals surface area contributed by atoms with Crippen LogP contribution < -0.4 is 39.4 Å². The van der Waals surface area contributed by atoms with Crippen LogP contribution in [0.4, 0.5) is 56.6 Å². The zero-order valence-corrected chi connectivity index (χ0v) is 34.5. The summed E-state index contributed by atoms with van der Waals surface area (Å²) in [4.78, 5) is 41.1. The summed E-state index contributed by atoms with van der Waals surface area (Å²) in [7, 11) is -5.29. The van der Waals surface area contributed by atoms with Gasteiger partial charge in [0.15, 0.2) is 0 Å². The Hall–Kier alpha value is -6.54. The second kappa shape index (κ2) is 24.9. The first-order chi connectivity index (χ1) is 28.8. The molecule has 0 fully saturated rings. The predicted octanol–water partition coefficient (Wildman–Crippen LogP) is 4.59. The number of aryl methyl sites for hydroxylation is 2. The molecule has 0 spiro atoms. The molecule has 2 aromatic heterocycles. The summed E-state index contributed by atoms with van der Waals surface area (Å²) in [6.45, 7) is 0.820. The zero-order chi connectivity index (χ0) is 47.1. The van der Waals surface area contributed by atoms with Crippen molar-refractivity contribution in [3.8, 4) is 23.5 Å². The average Bonchev–Trinajstić information content (AvgIpc) is 3.17. The summed E-state index contributed by atoms with van der Waals surface area (Å²) in [5, 5.41) is 8.67. The van der Waals surface area contributed by atoms with Crippen LogP contribution in [0, 0.1) is 13.8 Å². The van der Waals surface area contributed by atoms with Crippen LogP contribution in [0.5, 0.6) is 23.5 Å². The number of nitrogens with two attached hydrogens (primary N) is 1. The minimum Gasteiger partial charge on any atom is -0.870 e. The molecule has 0 saturated carbocycles. The quantitative estimate of drug-likeness (QED) is 0.133. The van der Waals surface area contributed by atoms with Crippen LogP contribution in [0.1, 0.15) is 30.2 Å². The van der Waals surface area contributed by atoms with Gasteiger partial charge in [-0.2, -0.15) is 56.2 Å². The summed E-state index contributed by atoms with van der Waals surface area (Å²) >= 11 is 0. The largest absolute Gasteiger partial charge is 0.870 e. The molecule has 6 N–H and O–H groups in total. The van der Waals surface area contributed by atoms with Crippen molar-refractivity contribution in [3.05, 3.63) is 59.2 Å². The topological polar surface area (TPSA) is 318 Å². The van der Waals surface area contributed by atoms with Crippen molar-refractivity contribution < 1.29 is 90.7 Å². The molecule has 0 aliphatic rings. The molecular weight excluding hydrogens is 933 g/mol. The number of alkyl halides is 8. The SMILES string of the molecule is C.COC(=O)Nc1nc(OC)nc(C(F)(F)F)n1.COc1nc(NC(=O)NS(=O)(=O)c2c(C)cccc2OCCF)nc(C(F)(F)F)n1.Cc1cccc(OCCF)c1S(N)(=O)=O.[OH-]. The van der Waals surface area contributed by atoms with Crippen LogP contribution in [0.3, 0.4) is 0 Å². The number of rotatable bonds is 13. The van der Waals surface area contributed by atoms with Gasteiger partial charge in [0.25, 0.3) is 10.0 Å². The third-order valence-electron chi connectivity index (χ3n) is 6.53. The van der Waals surface area contributed by atoms with E-state index in [2.05, 4.69) is 44.1 Å². The van der Waals surface area contributed by atoms with Gasteiger partial charge in [-0.3, -0.25) is 10.6 Å². The number of ether oxygens (including phenoxy) is 5. The Labute approximate surface area is 358 Å². The number of methoxy groups -OCH3 is 3. The second-order valence-corrected chi connectivity index (χ2v) is 14.2. The number of amides is 3. The number of carbonyl (C=O) groups excluding carboxylic acids is 2. The van der Waals surface area contributed by atoms with E-state index in [-0.39, 0.29) is 41.5 Å². The smallest absolute Gasteiger partial charge is 0.451 e. The highest BCUT2D eigenvalue weighted by Crippen LogP contribution is 2.30. The minimum absolute atomic E-state index is 0. The van der Waals surface area contributed by atoms with Gasteiger partial charge in [-0.05, 0) is 37.1 Å². The highest BCUT2D eigenvalue weighted by Gasteiger charge is 2.37. The molecule has 32 heteroatoms. The van der Waals surface area contributed by atoms with Crippen molar-refractivity contribution in [2.24, 2.45) is 5.14 Å². The van der Waals surface area contributed by atoms with Crippen LogP contribution in [0.25, 0.3) is 0 Å². The lowest BCUT2D eigenvalue weighted by molar-refractivity contribution is -0.146. The molecule has 4 rings (SSSR count). The number of urea groups is 1. The maximum atomic E-state index is 12.8. The van der Waals surface area contributed by atoms with Gasteiger partial charge in [0.05, 0.1) is 21.3 Å². The van der Waals surface area contributed by atoms with E-state index in [1.807, 2.05) is 5.32 Å². The van der Waals surface area contributed by atoms with Crippen molar-refractivity contribution in [2.75, 3.05) is 58.5 Å². The fourth-order valence-electron chi connectivity index (χ4n) is 4.19. The number of aromatic nitrogens is 6. The number of primary sulfonamides is 1. The van der Waals surface area contributed by atoms with Crippen molar-refractivity contribution in [2.45, 2.75) is 43.4 Å². The Kier molecular flexibility index (Phi) is 22.4. The number of carbonyl (C=O) groups is 2. The fourth-order valence-corrected chi connectivity index (χ4v) is 6.39. The molecule has 0 bridgehead atoms. The van der Waals surface area contributed by atoms with Crippen LogP contribution in [-0.2, 0) is 37.1 Å². The first kappa shape index (κ1) is 57.5. The fraction of sp³-hybridized carbons (Fsp3) is 0.375. The molecule has 0 saturated heterocycles. The maximum absolute atomic E-state index is 12.8. The Morgan fingerprint density at radius 1 is 0.672 bits per heavy atom. The molecule has 358 valence electrons. The molecule has 4 aromatic rings. The van der Waals surface area contributed by atoms with Crippen LogP contribution in [0.2, 0.25) is 0 Å². The van der Waals surface area contributed by atoms with Gasteiger partial charge in [-0.1, -0.05) is 31.7 Å². The predicted molar refractivity (Wildman–Crippen MR) is 203 cm³/mol. The van der Waals surface area contributed by atoms with Crippen molar-refractivity contribution in [1.29, 1.82) is 0 Å². The standard InChI is InChI=1S/C15H15F4N5O5S.C9H12FNO3S.C7H7F3N4O3.CH4.H2O/c1-8-4-3-5-9(29-7-6-16)10(8)30(26,27)24-13(25)22-12-20-11(15(17,18)19)21-14(23-12)28-2;1-7-3-2-4-8(14-6-5-10)9(7)15(11,12)13;1-16-5-12-3(7(8,9)10)11-4(13-5)14-6(15)17-2;;/h3-5H,6-7H2,1-2H3,(H2,20,21,22,23,24,25);2-4H,5-6H2,1H3,(H2,11,12,13);1-2H3,(H,11,12,13,14,15);1H4;1H2/p-1. The van der Waals surface area contributed by atoms with E-state index in [1.165, 1.54) is 31.2 Å². The summed E-state index contributed by atoms with van der Waals surface area (Å²) in [6, 6.07) is 5.99. The Morgan fingerprint density at radius 3 is 1.45 bits per heavy atom. The lowest BCUT2D eigenvalue weighted by Gasteiger charge is -2.14. The first-order valence-electron chi connectivity index (χ1n) is 16.3. The number of halogens is 8. The van der Waals surface area contributed by atoms with Crippen molar-refractivity contribution in [1.82, 2.24) is 34.6 Å². The Balaban J connectivity index is 0.000000995. The normalized spacial score (nSPS) is 11.0. The molecule has 0 radical (unpaired) electrons. The molecule has 0 atom stereocenters. The van der Waals surface area contributed by atoms with E-state index in [1.54, 1.807) is 29.1 Å². The number of sulfonamides is 2. The second-order valence-electron chi connectivity index (χ2n) is 11.0. The third-order valence-corrected chi connectivity index (χ3v) is 9.13. The van der Waals surface area contributed by atoms with E-state index >= 15 is 0 Å². The van der Waals surface area contributed by atoms with Crippen LogP contribution >= 0.6 is 0 Å². The molecular formula is C32H39F8N10O12S2-. The van der Waals surface area contributed by atoms with Gasteiger partial charge < -0.3 is 29.2 Å². The van der Waals surface area contributed by atoms with Gasteiger partial charge in [0, 0.05) is 0 Å². The summed E-state index contributed by atoms with van der Waals surface area (Å²) in [5.74, 6) is -4.77. The van der Waals surface area contributed by atoms with E-state index in [4.69, 9.17) is 14.6 Å².